The quantitative estimate of drug-likeness (QED) is 0.558. The fourth-order valence-electron chi connectivity index (χ4n) is 0.686. The number of hydrogen-bond donors (Lipinski definition) is 2. The van der Waals surface area contributed by atoms with Crippen molar-refractivity contribution < 1.29 is 9.84 Å². The standard InChI is InChI=1S/C8H19NO2/c1-3-4-5-11-7(2)8(9)6-10/h7-8,10H,3-6,9H2,1-2H3/t7-,8-/m1/s1. The first-order chi connectivity index (χ1) is 5.22. The normalized spacial score (nSPS) is 16.4. The van der Waals surface area contributed by atoms with Gasteiger partial charge in [-0.25, -0.2) is 0 Å². The molecule has 0 fully saturated rings. The van der Waals surface area contributed by atoms with Crippen molar-refractivity contribution >= 4 is 0 Å². The van der Waals surface area contributed by atoms with E-state index < -0.39 is 0 Å². The van der Waals surface area contributed by atoms with E-state index >= 15 is 0 Å². The average molecular weight is 161 g/mol. The molecule has 0 aliphatic rings. The van der Waals surface area contributed by atoms with Gasteiger partial charge in [0.2, 0.25) is 0 Å². The summed E-state index contributed by atoms with van der Waals surface area (Å²) < 4.78 is 5.35. The topological polar surface area (TPSA) is 55.5 Å². The summed E-state index contributed by atoms with van der Waals surface area (Å²) in [5.74, 6) is 0. The summed E-state index contributed by atoms with van der Waals surface area (Å²) in [5.41, 5.74) is 5.52. The van der Waals surface area contributed by atoms with Crippen molar-refractivity contribution in [1.29, 1.82) is 0 Å². The molecule has 0 radical (unpaired) electrons. The zero-order chi connectivity index (χ0) is 8.69. The fourth-order valence-corrected chi connectivity index (χ4v) is 0.686. The third-order valence-electron chi connectivity index (χ3n) is 1.69. The van der Waals surface area contributed by atoms with E-state index in [9.17, 15) is 0 Å². The molecule has 0 saturated carbocycles. The maximum atomic E-state index is 8.66. The van der Waals surface area contributed by atoms with Crippen LogP contribution in [-0.2, 0) is 4.74 Å². The molecule has 3 nitrogen and oxygen atoms in total. The molecule has 68 valence electrons. The molecular weight excluding hydrogens is 142 g/mol. The molecule has 3 heteroatoms. The number of aliphatic hydroxyl groups is 1. The average Bonchev–Trinajstić information content (AvgIpc) is 2.03. The lowest BCUT2D eigenvalue weighted by Crippen LogP contribution is -2.37. The van der Waals surface area contributed by atoms with Crippen molar-refractivity contribution in [1.82, 2.24) is 0 Å². The van der Waals surface area contributed by atoms with Crippen LogP contribution in [-0.4, -0.2) is 30.5 Å². The Morgan fingerprint density at radius 2 is 2.18 bits per heavy atom. The van der Waals surface area contributed by atoms with Crippen molar-refractivity contribution in [3.8, 4) is 0 Å². The maximum absolute atomic E-state index is 8.66. The maximum Gasteiger partial charge on any atom is 0.0720 e. The predicted octanol–water partition coefficient (Wildman–Crippen LogP) is 0.511. The lowest BCUT2D eigenvalue weighted by molar-refractivity contribution is 0.0320. The molecule has 0 aliphatic carbocycles. The van der Waals surface area contributed by atoms with Crippen LogP contribution in [0.15, 0.2) is 0 Å². The summed E-state index contributed by atoms with van der Waals surface area (Å²) in [4.78, 5) is 0. The van der Waals surface area contributed by atoms with E-state index in [1.807, 2.05) is 6.92 Å². The van der Waals surface area contributed by atoms with Gasteiger partial charge in [-0.2, -0.15) is 0 Å². The molecule has 0 heterocycles. The van der Waals surface area contributed by atoms with Gasteiger partial charge in [-0.3, -0.25) is 0 Å². The van der Waals surface area contributed by atoms with Gasteiger partial charge in [-0.05, 0) is 13.3 Å². The summed E-state index contributed by atoms with van der Waals surface area (Å²) in [5, 5.41) is 8.66. The number of nitrogens with two attached hydrogens (primary N) is 1. The largest absolute Gasteiger partial charge is 0.395 e. The number of ether oxygens (including phenoxy) is 1. The Morgan fingerprint density at radius 1 is 1.55 bits per heavy atom. The van der Waals surface area contributed by atoms with Gasteiger partial charge in [-0.15, -0.1) is 0 Å². The molecule has 0 aromatic rings. The lowest BCUT2D eigenvalue weighted by atomic mass is 10.2. The molecule has 0 bridgehead atoms. The Hall–Kier alpha value is -0.120. The van der Waals surface area contributed by atoms with Crippen molar-refractivity contribution in [3.05, 3.63) is 0 Å². The molecule has 2 atom stereocenters. The van der Waals surface area contributed by atoms with E-state index in [2.05, 4.69) is 6.92 Å². The van der Waals surface area contributed by atoms with Crippen LogP contribution in [0.2, 0.25) is 0 Å². The van der Waals surface area contributed by atoms with Gasteiger partial charge in [0.15, 0.2) is 0 Å². The van der Waals surface area contributed by atoms with E-state index in [0.717, 1.165) is 19.4 Å². The van der Waals surface area contributed by atoms with Gasteiger partial charge in [0.1, 0.15) is 0 Å². The minimum Gasteiger partial charge on any atom is -0.395 e. The van der Waals surface area contributed by atoms with Crippen LogP contribution < -0.4 is 5.73 Å². The van der Waals surface area contributed by atoms with Crippen LogP contribution in [0.5, 0.6) is 0 Å². The van der Waals surface area contributed by atoms with Gasteiger partial charge < -0.3 is 15.6 Å². The first kappa shape index (κ1) is 10.9. The van der Waals surface area contributed by atoms with Gasteiger partial charge in [0.05, 0.1) is 18.8 Å². The first-order valence-electron chi connectivity index (χ1n) is 4.20. The second kappa shape index (κ2) is 6.58. The van der Waals surface area contributed by atoms with Crippen LogP contribution in [0, 0.1) is 0 Å². The molecule has 0 spiro atoms. The number of unbranched alkanes of at least 4 members (excludes halogenated alkanes) is 1. The molecule has 0 amide bonds. The molecule has 0 aromatic carbocycles. The summed E-state index contributed by atoms with van der Waals surface area (Å²) in [7, 11) is 0. The Bertz CT molecular complexity index is 88.2. The van der Waals surface area contributed by atoms with E-state index in [1.54, 1.807) is 0 Å². The molecule has 0 aliphatic heterocycles. The third-order valence-corrected chi connectivity index (χ3v) is 1.69. The third kappa shape index (κ3) is 5.18. The van der Waals surface area contributed by atoms with Crippen molar-refractivity contribution in [2.75, 3.05) is 13.2 Å². The smallest absolute Gasteiger partial charge is 0.0720 e. The van der Waals surface area contributed by atoms with Gasteiger partial charge in [0, 0.05) is 6.61 Å². The van der Waals surface area contributed by atoms with Gasteiger partial charge >= 0.3 is 0 Å². The highest BCUT2D eigenvalue weighted by Crippen LogP contribution is 1.97. The molecule has 0 rings (SSSR count). The minimum atomic E-state index is -0.244. The highest BCUT2D eigenvalue weighted by molar-refractivity contribution is 4.66. The molecule has 0 saturated heterocycles. The van der Waals surface area contributed by atoms with Crippen LogP contribution >= 0.6 is 0 Å². The van der Waals surface area contributed by atoms with E-state index in [0.29, 0.717) is 0 Å². The molecule has 0 aromatic heterocycles. The minimum absolute atomic E-state index is 0.00666. The Balaban J connectivity index is 3.28. The monoisotopic (exact) mass is 161 g/mol. The van der Waals surface area contributed by atoms with E-state index in [-0.39, 0.29) is 18.8 Å². The van der Waals surface area contributed by atoms with Gasteiger partial charge in [-0.1, -0.05) is 13.3 Å². The van der Waals surface area contributed by atoms with Crippen molar-refractivity contribution in [3.63, 3.8) is 0 Å². The Labute approximate surface area is 68.5 Å². The van der Waals surface area contributed by atoms with Crippen LogP contribution in [0.1, 0.15) is 26.7 Å². The SMILES string of the molecule is CCCCO[C@H](C)[C@H](N)CO. The number of aliphatic hydroxyl groups excluding tert-OH is 1. The van der Waals surface area contributed by atoms with E-state index in [4.69, 9.17) is 15.6 Å². The lowest BCUT2D eigenvalue weighted by Gasteiger charge is -2.17. The summed E-state index contributed by atoms with van der Waals surface area (Å²) in [6.07, 6.45) is 2.15. The summed E-state index contributed by atoms with van der Waals surface area (Å²) >= 11 is 0. The second-order valence-corrected chi connectivity index (χ2v) is 2.78. The number of rotatable bonds is 6. The molecule has 0 unspecified atom stereocenters. The van der Waals surface area contributed by atoms with Gasteiger partial charge in [0.25, 0.3) is 0 Å². The van der Waals surface area contributed by atoms with Crippen LogP contribution in [0.25, 0.3) is 0 Å². The highest BCUT2D eigenvalue weighted by atomic mass is 16.5. The summed E-state index contributed by atoms with van der Waals surface area (Å²) in [6, 6.07) is -0.244. The fraction of sp³-hybridized carbons (Fsp3) is 1.00. The highest BCUT2D eigenvalue weighted by Gasteiger charge is 2.10. The second-order valence-electron chi connectivity index (χ2n) is 2.78. The molecule has 3 N–H and O–H groups in total. The van der Waals surface area contributed by atoms with Crippen LogP contribution in [0.4, 0.5) is 0 Å². The molecular formula is C8H19NO2. The summed E-state index contributed by atoms with van der Waals surface area (Å²) in [6.45, 7) is 4.73. The van der Waals surface area contributed by atoms with Crippen molar-refractivity contribution in [2.24, 2.45) is 5.73 Å². The number of hydrogen-bond acceptors (Lipinski definition) is 3. The van der Waals surface area contributed by atoms with Crippen molar-refractivity contribution in [2.45, 2.75) is 38.8 Å². The van der Waals surface area contributed by atoms with Crippen LogP contribution in [0.3, 0.4) is 0 Å². The Morgan fingerprint density at radius 3 is 2.64 bits per heavy atom. The zero-order valence-electron chi connectivity index (χ0n) is 7.42. The first-order valence-corrected chi connectivity index (χ1v) is 4.20. The predicted molar refractivity (Wildman–Crippen MR) is 45.4 cm³/mol. The van der Waals surface area contributed by atoms with E-state index in [1.165, 1.54) is 0 Å². The zero-order valence-corrected chi connectivity index (χ0v) is 7.42. The molecule has 11 heavy (non-hydrogen) atoms. The Kier molecular flexibility index (Phi) is 6.51.